The van der Waals surface area contributed by atoms with Gasteiger partial charge in [-0.2, -0.15) is 11.8 Å². The van der Waals surface area contributed by atoms with Gasteiger partial charge in [0.25, 0.3) is 0 Å². The van der Waals surface area contributed by atoms with Crippen molar-refractivity contribution in [2.45, 2.75) is 13.0 Å². The summed E-state index contributed by atoms with van der Waals surface area (Å²) in [5.41, 5.74) is 0. The van der Waals surface area contributed by atoms with Crippen molar-refractivity contribution in [1.82, 2.24) is 4.90 Å². The second-order valence-electron chi connectivity index (χ2n) is 4.08. The summed E-state index contributed by atoms with van der Waals surface area (Å²) in [6.07, 6.45) is 0.379. The summed E-state index contributed by atoms with van der Waals surface area (Å²) in [5, 5.41) is 8.86. The largest absolute Gasteiger partial charge is 0.396 e. The number of hydrogen-bond donors (Lipinski definition) is 1. The molecule has 0 radical (unpaired) electrons. The second kappa shape index (κ2) is 6.67. The zero-order chi connectivity index (χ0) is 10.4. The van der Waals surface area contributed by atoms with E-state index in [1.807, 2.05) is 11.8 Å². The van der Waals surface area contributed by atoms with Gasteiger partial charge in [0.1, 0.15) is 0 Å². The Kier molecular flexibility index (Phi) is 5.86. The van der Waals surface area contributed by atoms with E-state index in [4.69, 9.17) is 9.84 Å². The first-order chi connectivity index (χ1) is 6.72. The minimum atomic E-state index is 0.290. The van der Waals surface area contributed by atoms with E-state index in [2.05, 4.69) is 18.9 Å². The molecule has 2 unspecified atom stereocenters. The fourth-order valence-corrected chi connectivity index (χ4v) is 2.53. The Bertz CT molecular complexity index is 157. The molecule has 0 aromatic rings. The van der Waals surface area contributed by atoms with Crippen LogP contribution in [0.2, 0.25) is 0 Å². The predicted molar refractivity (Wildman–Crippen MR) is 60.8 cm³/mol. The highest BCUT2D eigenvalue weighted by Crippen LogP contribution is 2.13. The third-order valence-electron chi connectivity index (χ3n) is 2.36. The van der Waals surface area contributed by atoms with Crippen LogP contribution in [0.3, 0.4) is 0 Å². The number of hydrogen-bond acceptors (Lipinski definition) is 4. The summed E-state index contributed by atoms with van der Waals surface area (Å²) < 4.78 is 5.64. The molecule has 0 saturated carbocycles. The maximum absolute atomic E-state index is 8.86. The van der Waals surface area contributed by atoms with Crippen LogP contribution in [0.5, 0.6) is 0 Å². The number of ether oxygens (including phenoxy) is 1. The van der Waals surface area contributed by atoms with Gasteiger partial charge in [-0.05, 0) is 18.7 Å². The van der Waals surface area contributed by atoms with Gasteiger partial charge in [0.2, 0.25) is 0 Å². The Balaban J connectivity index is 2.05. The van der Waals surface area contributed by atoms with E-state index in [0.717, 1.165) is 31.2 Å². The van der Waals surface area contributed by atoms with Gasteiger partial charge in [0, 0.05) is 25.4 Å². The van der Waals surface area contributed by atoms with E-state index in [0.29, 0.717) is 18.6 Å². The van der Waals surface area contributed by atoms with Crippen molar-refractivity contribution in [1.29, 1.82) is 0 Å². The third kappa shape index (κ3) is 4.64. The molecule has 0 bridgehead atoms. The van der Waals surface area contributed by atoms with Gasteiger partial charge in [-0.25, -0.2) is 0 Å². The van der Waals surface area contributed by atoms with Crippen molar-refractivity contribution >= 4 is 11.8 Å². The summed E-state index contributed by atoms with van der Waals surface area (Å²) >= 11 is 1.88. The van der Waals surface area contributed by atoms with Crippen LogP contribution in [0, 0.1) is 5.92 Å². The standard InChI is InChI=1S/C10H21NO2S/c1-9(6-12)7-14-8-10-5-11(2)3-4-13-10/h9-10,12H,3-8H2,1-2H3. The summed E-state index contributed by atoms with van der Waals surface area (Å²) in [6, 6.07) is 0. The topological polar surface area (TPSA) is 32.7 Å². The van der Waals surface area contributed by atoms with Crippen molar-refractivity contribution in [3.05, 3.63) is 0 Å². The van der Waals surface area contributed by atoms with Gasteiger partial charge in [-0.15, -0.1) is 0 Å². The van der Waals surface area contributed by atoms with Gasteiger partial charge in [0.05, 0.1) is 12.7 Å². The van der Waals surface area contributed by atoms with Crippen molar-refractivity contribution in [2.24, 2.45) is 5.92 Å². The van der Waals surface area contributed by atoms with Crippen LogP contribution in [0.25, 0.3) is 0 Å². The monoisotopic (exact) mass is 219 g/mol. The first kappa shape index (κ1) is 12.3. The molecule has 2 atom stereocenters. The van der Waals surface area contributed by atoms with Gasteiger partial charge in [0.15, 0.2) is 0 Å². The normalized spacial score (nSPS) is 26.4. The van der Waals surface area contributed by atoms with E-state index in [-0.39, 0.29) is 0 Å². The molecule has 1 fully saturated rings. The predicted octanol–water partition coefficient (Wildman–Crippen LogP) is 0.679. The molecule has 0 aliphatic carbocycles. The number of morpholine rings is 1. The highest BCUT2D eigenvalue weighted by molar-refractivity contribution is 7.99. The first-order valence-corrected chi connectivity index (χ1v) is 6.36. The number of rotatable bonds is 5. The lowest BCUT2D eigenvalue weighted by atomic mass is 10.2. The molecule has 3 nitrogen and oxygen atoms in total. The fraction of sp³-hybridized carbons (Fsp3) is 1.00. The maximum Gasteiger partial charge on any atom is 0.0792 e. The Morgan fingerprint density at radius 3 is 3.07 bits per heavy atom. The Morgan fingerprint density at radius 1 is 1.64 bits per heavy atom. The molecule has 4 heteroatoms. The minimum Gasteiger partial charge on any atom is -0.396 e. The van der Waals surface area contributed by atoms with Crippen LogP contribution in [-0.2, 0) is 4.74 Å². The summed E-state index contributed by atoms with van der Waals surface area (Å²) in [5.74, 6) is 2.48. The highest BCUT2D eigenvalue weighted by atomic mass is 32.2. The van der Waals surface area contributed by atoms with Gasteiger partial charge in [-0.1, -0.05) is 6.92 Å². The average molecular weight is 219 g/mol. The first-order valence-electron chi connectivity index (χ1n) is 5.21. The lowest BCUT2D eigenvalue weighted by Crippen LogP contribution is -2.41. The average Bonchev–Trinajstić information content (AvgIpc) is 2.17. The molecule has 84 valence electrons. The molecule has 1 saturated heterocycles. The number of aliphatic hydroxyl groups excluding tert-OH is 1. The smallest absolute Gasteiger partial charge is 0.0792 e. The number of nitrogens with zero attached hydrogens (tertiary/aromatic N) is 1. The highest BCUT2D eigenvalue weighted by Gasteiger charge is 2.17. The molecule has 14 heavy (non-hydrogen) atoms. The number of likely N-dealkylation sites (N-methyl/N-ethyl adjacent to an activating group) is 1. The van der Waals surface area contributed by atoms with Crippen LogP contribution in [0.15, 0.2) is 0 Å². The zero-order valence-corrected chi connectivity index (χ0v) is 9.92. The number of aliphatic hydroxyl groups is 1. The molecule has 1 N–H and O–H groups in total. The van der Waals surface area contributed by atoms with Crippen LogP contribution in [0.1, 0.15) is 6.92 Å². The van der Waals surface area contributed by atoms with Crippen LogP contribution < -0.4 is 0 Å². The quantitative estimate of drug-likeness (QED) is 0.737. The van der Waals surface area contributed by atoms with Crippen LogP contribution >= 0.6 is 11.8 Å². The van der Waals surface area contributed by atoms with E-state index in [9.17, 15) is 0 Å². The summed E-state index contributed by atoms with van der Waals surface area (Å²) in [6.45, 7) is 5.31. The zero-order valence-electron chi connectivity index (χ0n) is 9.11. The number of thioether (sulfide) groups is 1. The fourth-order valence-electron chi connectivity index (χ4n) is 1.42. The van der Waals surface area contributed by atoms with E-state index in [1.165, 1.54) is 0 Å². The van der Waals surface area contributed by atoms with E-state index >= 15 is 0 Å². The lowest BCUT2D eigenvalue weighted by Gasteiger charge is -2.29. The molecule has 0 aromatic heterocycles. The van der Waals surface area contributed by atoms with E-state index < -0.39 is 0 Å². The van der Waals surface area contributed by atoms with Crippen molar-refractivity contribution < 1.29 is 9.84 Å². The van der Waals surface area contributed by atoms with Gasteiger partial charge >= 0.3 is 0 Å². The Labute approximate surface area is 90.8 Å². The molecule has 1 aliphatic rings. The second-order valence-corrected chi connectivity index (χ2v) is 5.16. The van der Waals surface area contributed by atoms with Crippen LogP contribution in [-0.4, -0.2) is 61.0 Å². The van der Waals surface area contributed by atoms with Crippen molar-refractivity contribution in [2.75, 3.05) is 44.9 Å². The summed E-state index contributed by atoms with van der Waals surface area (Å²) in [4.78, 5) is 2.31. The SMILES string of the molecule is CC(CO)CSCC1CN(C)CCO1. The van der Waals surface area contributed by atoms with Gasteiger partial charge < -0.3 is 14.7 Å². The third-order valence-corrected chi connectivity index (χ3v) is 3.77. The Morgan fingerprint density at radius 2 is 2.43 bits per heavy atom. The minimum absolute atomic E-state index is 0.290. The van der Waals surface area contributed by atoms with E-state index in [1.54, 1.807) is 0 Å². The maximum atomic E-state index is 8.86. The Hall–Kier alpha value is 0.230. The summed E-state index contributed by atoms with van der Waals surface area (Å²) in [7, 11) is 2.14. The van der Waals surface area contributed by atoms with Crippen molar-refractivity contribution in [3.63, 3.8) is 0 Å². The van der Waals surface area contributed by atoms with Crippen molar-refractivity contribution in [3.8, 4) is 0 Å². The lowest BCUT2D eigenvalue weighted by molar-refractivity contribution is -0.00600. The molecule has 1 rings (SSSR count). The molecule has 0 amide bonds. The van der Waals surface area contributed by atoms with Crippen LogP contribution in [0.4, 0.5) is 0 Å². The molecular weight excluding hydrogens is 198 g/mol. The molecule has 1 heterocycles. The molecule has 0 spiro atoms. The molecule has 0 aromatic carbocycles. The van der Waals surface area contributed by atoms with Gasteiger partial charge in [-0.3, -0.25) is 0 Å². The molecular formula is C10H21NO2S. The molecule has 1 aliphatic heterocycles.